The molecule has 2 heterocycles. The number of halogens is 1. The number of phenolic OH excluding ortho intramolecular Hbond substituents is 1. The van der Waals surface area contributed by atoms with Crippen LogP contribution in [0.4, 0.5) is 5.69 Å². The number of piperidine rings is 1. The molecule has 0 unspecified atom stereocenters. The molecule has 34 heavy (non-hydrogen) atoms. The number of phenols is 1. The Morgan fingerprint density at radius 2 is 1.94 bits per heavy atom. The molecule has 2 N–H and O–H groups in total. The van der Waals surface area contributed by atoms with Crippen molar-refractivity contribution in [2.45, 2.75) is 25.7 Å². The zero-order valence-corrected chi connectivity index (χ0v) is 19.9. The summed E-state index contributed by atoms with van der Waals surface area (Å²) in [4.78, 5) is 31.4. The highest BCUT2D eigenvalue weighted by Crippen LogP contribution is 2.39. The Balaban J connectivity index is 1.56. The van der Waals surface area contributed by atoms with Gasteiger partial charge < -0.3 is 15.3 Å². The summed E-state index contributed by atoms with van der Waals surface area (Å²) in [7, 11) is 2.15. The summed E-state index contributed by atoms with van der Waals surface area (Å²) in [6.45, 7) is 2.98. The van der Waals surface area contributed by atoms with Gasteiger partial charge in [-0.25, -0.2) is 0 Å². The molecule has 5 rings (SSSR count). The number of nitrogens with one attached hydrogen (secondary N) is 1. The van der Waals surface area contributed by atoms with Crippen molar-refractivity contribution in [3.05, 3.63) is 52.7 Å². The van der Waals surface area contributed by atoms with Gasteiger partial charge in [0.05, 0.1) is 27.4 Å². The predicted molar refractivity (Wildman–Crippen MR) is 135 cm³/mol. The second kappa shape index (κ2) is 9.35. The summed E-state index contributed by atoms with van der Waals surface area (Å²) >= 11 is 6.17. The third kappa shape index (κ3) is 4.52. The Hall–Kier alpha value is -2.96. The van der Waals surface area contributed by atoms with Crippen LogP contribution in [0.15, 0.2) is 36.5 Å². The van der Waals surface area contributed by atoms with E-state index in [1.54, 1.807) is 18.3 Å². The lowest BCUT2D eigenvalue weighted by Gasteiger charge is -2.29. The molecule has 176 valence electrons. The third-order valence-electron chi connectivity index (χ3n) is 7.04. The first-order valence-corrected chi connectivity index (χ1v) is 12.2. The number of hydrogen-bond acceptors (Lipinski definition) is 6. The number of Topliss-reactive ketones (excluding diaryl/α,β-unsaturated/α-hetero) is 1. The van der Waals surface area contributed by atoms with Crippen LogP contribution in [0.2, 0.25) is 5.02 Å². The number of benzene rings is 2. The SMILES string of the molecule is CN1CCC(CNc2c(C(=O)C3CC3)cnc3ccc(-c4cc(Cl)c(O)c(C=O)c4)cc23)CC1. The fraction of sp³-hybridized carbons (Fsp3) is 0.370. The lowest BCUT2D eigenvalue weighted by molar-refractivity contribution is 0.0967. The van der Waals surface area contributed by atoms with Crippen molar-refractivity contribution in [2.75, 3.05) is 32.0 Å². The lowest BCUT2D eigenvalue weighted by Crippen LogP contribution is -2.33. The first-order valence-electron chi connectivity index (χ1n) is 11.8. The van der Waals surface area contributed by atoms with Crippen molar-refractivity contribution in [1.29, 1.82) is 0 Å². The highest BCUT2D eigenvalue weighted by molar-refractivity contribution is 6.32. The molecule has 7 heteroatoms. The fourth-order valence-electron chi connectivity index (χ4n) is 4.70. The van der Waals surface area contributed by atoms with E-state index in [0.717, 1.165) is 67.5 Å². The van der Waals surface area contributed by atoms with Gasteiger partial charge >= 0.3 is 0 Å². The minimum atomic E-state index is -0.222. The fourth-order valence-corrected chi connectivity index (χ4v) is 4.93. The average molecular weight is 478 g/mol. The Morgan fingerprint density at radius 3 is 2.65 bits per heavy atom. The number of hydrogen-bond donors (Lipinski definition) is 2. The predicted octanol–water partition coefficient (Wildman–Crippen LogP) is 5.42. The molecule has 0 bridgehead atoms. The van der Waals surface area contributed by atoms with Crippen LogP contribution in [0.1, 0.15) is 46.4 Å². The molecule has 2 aliphatic rings. The molecule has 1 aliphatic heterocycles. The summed E-state index contributed by atoms with van der Waals surface area (Å²) in [6, 6.07) is 9.07. The van der Waals surface area contributed by atoms with Crippen molar-refractivity contribution in [3.63, 3.8) is 0 Å². The second-order valence-electron chi connectivity index (χ2n) is 9.56. The van der Waals surface area contributed by atoms with E-state index in [4.69, 9.17) is 11.6 Å². The highest BCUT2D eigenvalue weighted by Gasteiger charge is 2.32. The minimum absolute atomic E-state index is 0.0948. The summed E-state index contributed by atoms with van der Waals surface area (Å²) in [5.74, 6) is 0.581. The normalized spacial score (nSPS) is 17.1. The molecule has 0 radical (unpaired) electrons. The smallest absolute Gasteiger partial charge is 0.169 e. The van der Waals surface area contributed by atoms with Crippen LogP contribution in [0.5, 0.6) is 5.75 Å². The van der Waals surface area contributed by atoms with E-state index in [0.29, 0.717) is 23.3 Å². The number of aldehydes is 1. The lowest BCUT2D eigenvalue weighted by atomic mass is 9.95. The summed E-state index contributed by atoms with van der Waals surface area (Å²) in [6.07, 6.45) is 6.43. The van der Waals surface area contributed by atoms with E-state index in [-0.39, 0.29) is 28.0 Å². The zero-order valence-electron chi connectivity index (χ0n) is 19.2. The first-order chi connectivity index (χ1) is 16.4. The van der Waals surface area contributed by atoms with E-state index >= 15 is 0 Å². The topological polar surface area (TPSA) is 82.5 Å². The molecule has 2 fully saturated rings. The van der Waals surface area contributed by atoms with Gasteiger partial charge in [0.1, 0.15) is 5.75 Å². The number of fused-ring (bicyclic) bond motifs is 1. The molecule has 6 nitrogen and oxygen atoms in total. The highest BCUT2D eigenvalue weighted by atomic mass is 35.5. The number of aromatic nitrogens is 1. The van der Waals surface area contributed by atoms with E-state index in [1.165, 1.54) is 0 Å². The van der Waals surface area contributed by atoms with Crippen molar-refractivity contribution >= 4 is 40.3 Å². The van der Waals surface area contributed by atoms with Crippen molar-refractivity contribution in [2.24, 2.45) is 11.8 Å². The van der Waals surface area contributed by atoms with Gasteiger partial charge in [-0.15, -0.1) is 0 Å². The van der Waals surface area contributed by atoms with Gasteiger partial charge in [0, 0.05) is 24.0 Å². The number of pyridine rings is 1. The molecular formula is C27H28ClN3O3. The number of aromatic hydroxyl groups is 1. The Morgan fingerprint density at radius 1 is 1.18 bits per heavy atom. The van der Waals surface area contributed by atoms with Crippen LogP contribution in [-0.2, 0) is 0 Å². The zero-order chi connectivity index (χ0) is 23.8. The Kier molecular flexibility index (Phi) is 6.28. The van der Waals surface area contributed by atoms with Crippen LogP contribution in [0.25, 0.3) is 22.0 Å². The number of carbonyl (C=O) groups is 2. The molecule has 1 aromatic heterocycles. The molecule has 3 aromatic rings. The maximum atomic E-state index is 13.1. The van der Waals surface area contributed by atoms with Crippen molar-refractivity contribution in [1.82, 2.24) is 9.88 Å². The number of likely N-dealkylation sites (tertiary alicyclic amines) is 1. The van der Waals surface area contributed by atoms with Gasteiger partial charge in [0.2, 0.25) is 0 Å². The number of ketones is 1. The molecule has 0 amide bonds. The second-order valence-corrected chi connectivity index (χ2v) is 9.97. The van der Waals surface area contributed by atoms with Crippen LogP contribution in [0, 0.1) is 11.8 Å². The van der Waals surface area contributed by atoms with E-state index in [9.17, 15) is 14.7 Å². The van der Waals surface area contributed by atoms with Gasteiger partial charge in [-0.05, 0) is 87.1 Å². The Bertz CT molecular complexity index is 1260. The molecule has 0 atom stereocenters. The number of anilines is 1. The van der Waals surface area contributed by atoms with Crippen LogP contribution in [-0.4, -0.2) is 53.7 Å². The number of nitrogens with zero attached hydrogens (tertiary/aromatic N) is 2. The number of rotatable bonds is 7. The molecule has 1 saturated carbocycles. The molecular weight excluding hydrogens is 450 g/mol. The van der Waals surface area contributed by atoms with Crippen molar-refractivity contribution in [3.8, 4) is 16.9 Å². The maximum Gasteiger partial charge on any atom is 0.169 e. The van der Waals surface area contributed by atoms with Gasteiger partial charge in [-0.3, -0.25) is 14.6 Å². The Labute approximate surface area is 203 Å². The standard InChI is InChI=1S/C27H28ClN3O3/c1-31-8-6-16(7-9-31)13-30-25-21-11-18(19-10-20(15-32)27(34)23(28)12-19)4-5-24(21)29-14-22(25)26(33)17-2-3-17/h4-5,10-12,14-17,34H,2-3,6-9,13H2,1H3,(H,29,30). The summed E-state index contributed by atoms with van der Waals surface area (Å²) < 4.78 is 0. The van der Waals surface area contributed by atoms with Gasteiger partial charge in [0.25, 0.3) is 0 Å². The van der Waals surface area contributed by atoms with Gasteiger partial charge in [0.15, 0.2) is 12.1 Å². The average Bonchev–Trinajstić information content (AvgIpc) is 3.70. The molecule has 0 spiro atoms. The van der Waals surface area contributed by atoms with E-state index in [1.807, 2.05) is 18.2 Å². The minimum Gasteiger partial charge on any atom is -0.506 e. The van der Waals surface area contributed by atoms with Crippen LogP contribution in [0.3, 0.4) is 0 Å². The van der Waals surface area contributed by atoms with Gasteiger partial charge in [-0.1, -0.05) is 17.7 Å². The largest absolute Gasteiger partial charge is 0.506 e. The first kappa shape index (κ1) is 22.8. The van der Waals surface area contributed by atoms with Crippen LogP contribution < -0.4 is 5.32 Å². The monoisotopic (exact) mass is 477 g/mol. The number of carbonyl (C=O) groups excluding carboxylic acids is 2. The van der Waals surface area contributed by atoms with Crippen molar-refractivity contribution < 1.29 is 14.7 Å². The molecule has 1 aliphatic carbocycles. The molecule has 2 aromatic carbocycles. The third-order valence-corrected chi connectivity index (χ3v) is 7.33. The maximum absolute atomic E-state index is 13.1. The summed E-state index contributed by atoms with van der Waals surface area (Å²) in [5, 5.41) is 14.6. The van der Waals surface area contributed by atoms with E-state index < -0.39 is 0 Å². The summed E-state index contributed by atoms with van der Waals surface area (Å²) in [5.41, 5.74) is 3.96. The molecule has 1 saturated heterocycles. The quantitative estimate of drug-likeness (QED) is 0.349. The van der Waals surface area contributed by atoms with E-state index in [2.05, 4.69) is 22.2 Å². The van der Waals surface area contributed by atoms with Crippen LogP contribution >= 0.6 is 11.6 Å². The van der Waals surface area contributed by atoms with Gasteiger partial charge in [-0.2, -0.15) is 0 Å².